The molecule has 238 valence electrons. The van der Waals surface area contributed by atoms with Crippen molar-refractivity contribution < 1.29 is 43.9 Å². The Hall–Kier alpha value is -3.33. The topological polar surface area (TPSA) is 0 Å². The lowest BCUT2D eigenvalue weighted by atomic mass is 9.35. The van der Waals surface area contributed by atoms with Crippen LogP contribution in [0.3, 0.4) is 0 Å². The van der Waals surface area contributed by atoms with E-state index in [-0.39, 0.29) is 12.6 Å². The van der Waals surface area contributed by atoms with E-state index < -0.39 is 88.4 Å². The van der Waals surface area contributed by atoms with Crippen LogP contribution in [0.15, 0.2) is 24.3 Å². The molecular formula is C33H28BF10P. The van der Waals surface area contributed by atoms with Gasteiger partial charge >= 0.3 is 0 Å². The molecule has 0 aromatic heterocycles. The van der Waals surface area contributed by atoms with Crippen LogP contribution in [0.4, 0.5) is 43.9 Å². The molecule has 0 amide bonds. The van der Waals surface area contributed by atoms with Gasteiger partial charge < -0.3 is 0 Å². The molecule has 5 rings (SSSR count). The molecule has 0 saturated carbocycles. The summed E-state index contributed by atoms with van der Waals surface area (Å²) in [6.07, 6.45) is -0.766. The summed E-state index contributed by atoms with van der Waals surface area (Å²) in [5.41, 5.74) is 0.325. The fraction of sp³-hybridized carbons (Fsp3) is 0.273. The van der Waals surface area contributed by atoms with Crippen molar-refractivity contribution in [2.45, 2.75) is 54.3 Å². The molecule has 0 nitrogen and oxygen atoms in total. The van der Waals surface area contributed by atoms with Gasteiger partial charge in [0.15, 0.2) is 34.9 Å². The van der Waals surface area contributed by atoms with Crippen LogP contribution in [0.1, 0.15) is 39.8 Å². The van der Waals surface area contributed by atoms with E-state index in [9.17, 15) is 8.78 Å². The van der Waals surface area contributed by atoms with Gasteiger partial charge in [-0.2, -0.15) is 0 Å². The van der Waals surface area contributed by atoms with Gasteiger partial charge in [-0.1, -0.05) is 53.5 Å². The second-order valence-electron chi connectivity index (χ2n) is 12.2. The first kappa shape index (κ1) is 33.1. The molecule has 0 bridgehead atoms. The fourth-order valence-electron chi connectivity index (χ4n) is 8.41. The maximum atomic E-state index is 16.2. The summed E-state index contributed by atoms with van der Waals surface area (Å²) >= 11 is 0. The molecule has 12 heteroatoms. The van der Waals surface area contributed by atoms with Crippen molar-refractivity contribution >= 4 is 34.5 Å². The highest BCUT2D eigenvalue weighted by Gasteiger charge is 2.66. The maximum absolute atomic E-state index is 16.2. The molecule has 45 heavy (non-hydrogen) atoms. The van der Waals surface area contributed by atoms with Crippen molar-refractivity contribution in [3.05, 3.63) is 116 Å². The largest absolute Gasteiger partial charge is 0.243 e. The SMILES string of the molecule is Cc1cc(C)c([P+]2(c3c(C)cc(C)cc3C)CCC[B-]2(c2c(F)c(F)c(F)c(F)c2F)c2c(F)c(F)c(F)c(F)c2F)c(C)c1. The average molecular weight is 656 g/mol. The lowest BCUT2D eigenvalue weighted by Gasteiger charge is -2.49. The van der Waals surface area contributed by atoms with Crippen molar-refractivity contribution in [1.29, 1.82) is 0 Å². The third-order valence-electron chi connectivity index (χ3n) is 9.40. The van der Waals surface area contributed by atoms with Gasteiger partial charge in [-0.3, -0.25) is 0 Å². The van der Waals surface area contributed by atoms with Gasteiger partial charge in [-0.05, 0) is 70.2 Å². The average Bonchev–Trinajstić information content (AvgIpc) is 3.31. The van der Waals surface area contributed by atoms with Crippen LogP contribution in [0.25, 0.3) is 0 Å². The minimum atomic E-state index is -4.01. The second-order valence-corrected chi connectivity index (χ2v) is 16.2. The van der Waals surface area contributed by atoms with E-state index in [1.165, 1.54) is 0 Å². The number of aryl methyl sites for hydroxylation is 6. The summed E-state index contributed by atoms with van der Waals surface area (Å²) in [6.45, 7) is 10.1. The Morgan fingerprint density at radius 3 is 1.00 bits per heavy atom. The van der Waals surface area contributed by atoms with Gasteiger partial charge in [0.2, 0.25) is 5.87 Å². The molecule has 0 N–H and O–H groups in total. The molecule has 1 saturated heterocycles. The van der Waals surface area contributed by atoms with Crippen LogP contribution in [0.5, 0.6) is 0 Å². The van der Waals surface area contributed by atoms with E-state index in [4.69, 9.17) is 0 Å². The Bertz CT molecular complexity index is 1690. The zero-order chi connectivity index (χ0) is 33.5. The lowest BCUT2D eigenvalue weighted by Crippen LogP contribution is -2.67. The summed E-state index contributed by atoms with van der Waals surface area (Å²) in [6, 6.07) is 6.83. The van der Waals surface area contributed by atoms with Crippen LogP contribution in [-0.4, -0.2) is 12.0 Å². The smallest absolute Gasteiger partial charge is 0.207 e. The summed E-state index contributed by atoms with van der Waals surface area (Å²) in [5.74, 6) is -28.0. The van der Waals surface area contributed by atoms with Crippen LogP contribution in [0.2, 0.25) is 6.32 Å². The Labute approximate surface area is 254 Å². The molecule has 0 spiro atoms. The van der Waals surface area contributed by atoms with Gasteiger partial charge in [-0.25, -0.2) is 43.9 Å². The molecule has 1 aliphatic heterocycles. The van der Waals surface area contributed by atoms with Crippen LogP contribution in [-0.2, 0) is 0 Å². The van der Waals surface area contributed by atoms with Crippen LogP contribution >= 0.6 is 7.14 Å². The predicted octanol–water partition coefficient (Wildman–Crippen LogP) is 8.06. The van der Waals surface area contributed by atoms with Gasteiger partial charge in [0.25, 0.3) is 0 Å². The first-order chi connectivity index (χ1) is 20.9. The number of rotatable bonds is 4. The fourth-order valence-corrected chi connectivity index (χ4v) is 15.8. The van der Waals surface area contributed by atoms with Gasteiger partial charge in [-0.15, -0.1) is 6.32 Å². The lowest BCUT2D eigenvalue weighted by molar-refractivity contribution is 0.382. The minimum absolute atomic E-state index is 0.0680. The second kappa shape index (κ2) is 11.2. The predicted molar refractivity (Wildman–Crippen MR) is 159 cm³/mol. The molecule has 0 aliphatic carbocycles. The zero-order valence-corrected chi connectivity index (χ0v) is 26.1. The van der Waals surface area contributed by atoms with E-state index in [0.717, 1.165) is 11.1 Å². The Kier molecular flexibility index (Phi) is 8.21. The first-order valence-corrected chi connectivity index (χ1v) is 16.2. The third kappa shape index (κ3) is 4.39. The molecule has 1 heterocycles. The van der Waals surface area contributed by atoms with Crippen molar-refractivity contribution in [2.24, 2.45) is 0 Å². The number of benzene rings is 4. The molecule has 1 fully saturated rings. The molecule has 0 unspecified atom stereocenters. The first-order valence-electron chi connectivity index (χ1n) is 14.2. The Morgan fingerprint density at radius 2 is 0.711 bits per heavy atom. The van der Waals surface area contributed by atoms with Crippen LogP contribution in [0, 0.1) is 99.7 Å². The van der Waals surface area contributed by atoms with E-state index in [0.29, 0.717) is 32.9 Å². The maximum Gasteiger partial charge on any atom is 0.243 e. The Balaban J connectivity index is 2.22. The quantitative estimate of drug-likeness (QED) is 0.0686. The number of hydrogen-bond donors (Lipinski definition) is 0. The zero-order valence-electron chi connectivity index (χ0n) is 25.2. The van der Waals surface area contributed by atoms with E-state index in [1.54, 1.807) is 65.8 Å². The normalized spacial score (nSPS) is 15.6. The van der Waals surface area contributed by atoms with E-state index >= 15 is 35.1 Å². The van der Waals surface area contributed by atoms with Gasteiger partial charge in [0.05, 0.1) is 10.6 Å². The number of hydrogen-bond acceptors (Lipinski definition) is 0. The summed E-state index contributed by atoms with van der Waals surface area (Å²) in [7, 11) is -3.95. The highest BCUT2D eigenvalue weighted by molar-refractivity contribution is 8.21. The molecule has 1 aliphatic rings. The van der Waals surface area contributed by atoms with Crippen molar-refractivity contribution in [3.8, 4) is 0 Å². The summed E-state index contributed by atoms with van der Waals surface area (Å²) in [5, 5.41) is 0.710. The van der Waals surface area contributed by atoms with E-state index in [1.807, 2.05) is 0 Å². The third-order valence-corrected chi connectivity index (χ3v) is 15.7. The summed E-state index contributed by atoms with van der Waals surface area (Å²) < 4.78 is 154. The summed E-state index contributed by atoms with van der Waals surface area (Å²) in [4.78, 5) is 0. The standard InChI is InChI=1S/C33H28BF10P/c1-14-10-16(3)32(17(4)11-14)45(33-18(5)12-15(2)13-19(33)6)9-7-8-34(45,20-22(35)26(39)30(43)27(40)23(20)36)21-24(37)28(41)31(44)29(42)25(21)38/h10-13H,7-9H2,1-6H3. The van der Waals surface area contributed by atoms with Gasteiger partial charge in [0, 0.05) is 6.16 Å². The minimum Gasteiger partial charge on any atom is -0.207 e. The van der Waals surface area contributed by atoms with Crippen molar-refractivity contribution in [2.75, 3.05) is 6.16 Å². The van der Waals surface area contributed by atoms with Gasteiger partial charge in [0.1, 0.15) is 23.3 Å². The highest BCUT2D eigenvalue weighted by Crippen LogP contribution is 2.72. The molecule has 4 aromatic rings. The monoisotopic (exact) mass is 656 g/mol. The van der Waals surface area contributed by atoms with Crippen molar-refractivity contribution in [1.82, 2.24) is 0 Å². The Morgan fingerprint density at radius 1 is 0.444 bits per heavy atom. The molecule has 4 aromatic carbocycles. The van der Waals surface area contributed by atoms with Crippen LogP contribution < -0.4 is 21.5 Å². The molecular weight excluding hydrogens is 628 g/mol. The highest BCUT2D eigenvalue weighted by atomic mass is 31.2. The molecule has 0 atom stereocenters. The molecule has 0 radical (unpaired) electrons. The van der Waals surface area contributed by atoms with Crippen molar-refractivity contribution in [3.63, 3.8) is 0 Å². The van der Waals surface area contributed by atoms with E-state index in [2.05, 4.69) is 0 Å². The number of halogens is 10.